The standard InChI is InChI=1S/C13H19ClN2/c1-16(12-6-8-15-10-12)9-7-11-4-2-3-5-13(11)14/h2-5,12,15H,6-10H2,1H3. The molecule has 1 aromatic carbocycles. The van der Waals surface area contributed by atoms with Gasteiger partial charge in [-0.05, 0) is 38.1 Å². The minimum Gasteiger partial charge on any atom is -0.315 e. The molecule has 1 heterocycles. The molecule has 0 amide bonds. The van der Waals surface area contributed by atoms with Crippen molar-refractivity contribution in [3.05, 3.63) is 34.9 Å². The van der Waals surface area contributed by atoms with Gasteiger partial charge in [0.2, 0.25) is 0 Å². The van der Waals surface area contributed by atoms with Crippen LogP contribution in [0.25, 0.3) is 0 Å². The van der Waals surface area contributed by atoms with Crippen LogP contribution >= 0.6 is 11.6 Å². The lowest BCUT2D eigenvalue weighted by Crippen LogP contribution is -2.34. The van der Waals surface area contributed by atoms with Crippen molar-refractivity contribution in [2.75, 3.05) is 26.7 Å². The van der Waals surface area contributed by atoms with Crippen LogP contribution in [0.3, 0.4) is 0 Å². The molecule has 0 aliphatic carbocycles. The number of hydrogen-bond acceptors (Lipinski definition) is 2. The van der Waals surface area contributed by atoms with Gasteiger partial charge in [-0.1, -0.05) is 29.8 Å². The number of benzene rings is 1. The lowest BCUT2D eigenvalue weighted by Gasteiger charge is -2.23. The maximum absolute atomic E-state index is 6.14. The van der Waals surface area contributed by atoms with E-state index in [2.05, 4.69) is 29.4 Å². The molecule has 16 heavy (non-hydrogen) atoms. The van der Waals surface area contributed by atoms with Gasteiger partial charge in [0.05, 0.1) is 0 Å². The van der Waals surface area contributed by atoms with Crippen LogP contribution in [0.2, 0.25) is 5.02 Å². The second-order valence-corrected chi connectivity index (χ2v) is 4.88. The number of hydrogen-bond donors (Lipinski definition) is 1. The molecule has 1 aromatic rings. The molecule has 1 saturated heterocycles. The van der Waals surface area contributed by atoms with Crippen molar-refractivity contribution in [3.8, 4) is 0 Å². The van der Waals surface area contributed by atoms with Gasteiger partial charge in [-0.2, -0.15) is 0 Å². The highest BCUT2D eigenvalue weighted by Gasteiger charge is 2.18. The molecule has 2 nitrogen and oxygen atoms in total. The zero-order valence-electron chi connectivity index (χ0n) is 9.75. The predicted molar refractivity (Wildman–Crippen MR) is 69.1 cm³/mol. The number of nitrogens with zero attached hydrogens (tertiary/aromatic N) is 1. The van der Waals surface area contributed by atoms with E-state index in [1.54, 1.807) is 0 Å². The van der Waals surface area contributed by atoms with Crippen molar-refractivity contribution in [2.24, 2.45) is 0 Å². The average Bonchev–Trinajstić information content (AvgIpc) is 2.81. The Morgan fingerprint density at radius 1 is 1.44 bits per heavy atom. The first kappa shape index (κ1) is 11.9. The van der Waals surface area contributed by atoms with Gasteiger partial charge < -0.3 is 10.2 Å². The summed E-state index contributed by atoms with van der Waals surface area (Å²) in [6, 6.07) is 8.81. The minimum atomic E-state index is 0.697. The number of halogens is 1. The molecule has 0 aromatic heterocycles. The fourth-order valence-electron chi connectivity index (χ4n) is 2.20. The van der Waals surface area contributed by atoms with Crippen LogP contribution in [-0.2, 0) is 6.42 Å². The van der Waals surface area contributed by atoms with E-state index in [-0.39, 0.29) is 0 Å². The Kier molecular flexibility index (Phi) is 4.22. The van der Waals surface area contributed by atoms with Gasteiger partial charge in [0, 0.05) is 24.2 Å². The molecule has 1 atom stereocenters. The maximum atomic E-state index is 6.14. The Balaban J connectivity index is 1.84. The highest BCUT2D eigenvalue weighted by Crippen LogP contribution is 2.16. The Morgan fingerprint density at radius 2 is 2.25 bits per heavy atom. The van der Waals surface area contributed by atoms with E-state index < -0.39 is 0 Å². The average molecular weight is 239 g/mol. The fourth-order valence-corrected chi connectivity index (χ4v) is 2.43. The number of rotatable bonds is 4. The monoisotopic (exact) mass is 238 g/mol. The van der Waals surface area contributed by atoms with Crippen LogP contribution in [0, 0.1) is 0 Å². The van der Waals surface area contributed by atoms with Crippen molar-refractivity contribution < 1.29 is 0 Å². The molecule has 3 heteroatoms. The van der Waals surface area contributed by atoms with Crippen molar-refractivity contribution >= 4 is 11.6 Å². The van der Waals surface area contributed by atoms with Crippen LogP contribution in [0.4, 0.5) is 0 Å². The summed E-state index contributed by atoms with van der Waals surface area (Å²) in [6.07, 6.45) is 2.30. The Morgan fingerprint density at radius 3 is 2.94 bits per heavy atom. The summed E-state index contributed by atoms with van der Waals surface area (Å²) in [7, 11) is 2.20. The molecule has 1 fully saturated rings. The van der Waals surface area contributed by atoms with Crippen LogP contribution in [-0.4, -0.2) is 37.6 Å². The van der Waals surface area contributed by atoms with E-state index in [1.807, 2.05) is 12.1 Å². The van der Waals surface area contributed by atoms with Gasteiger partial charge in [-0.3, -0.25) is 0 Å². The largest absolute Gasteiger partial charge is 0.315 e. The van der Waals surface area contributed by atoms with Crippen LogP contribution < -0.4 is 5.32 Å². The van der Waals surface area contributed by atoms with Gasteiger partial charge in [-0.25, -0.2) is 0 Å². The third-order valence-corrected chi connectivity index (χ3v) is 3.72. The van der Waals surface area contributed by atoms with Crippen molar-refractivity contribution in [3.63, 3.8) is 0 Å². The van der Waals surface area contributed by atoms with Crippen molar-refractivity contribution in [1.82, 2.24) is 10.2 Å². The summed E-state index contributed by atoms with van der Waals surface area (Å²) < 4.78 is 0. The van der Waals surface area contributed by atoms with Crippen LogP contribution in [0.1, 0.15) is 12.0 Å². The van der Waals surface area contributed by atoms with Crippen molar-refractivity contribution in [1.29, 1.82) is 0 Å². The van der Waals surface area contributed by atoms with E-state index in [9.17, 15) is 0 Å². The lowest BCUT2D eigenvalue weighted by atomic mass is 10.1. The normalized spacial score (nSPS) is 20.6. The molecule has 1 aliphatic heterocycles. The molecule has 2 rings (SSSR count). The highest BCUT2D eigenvalue weighted by molar-refractivity contribution is 6.31. The van der Waals surface area contributed by atoms with Crippen LogP contribution in [0.5, 0.6) is 0 Å². The van der Waals surface area contributed by atoms with Gasteiger partial charge in [0.1, 0.15) is 0 Å². The van der Waals surface area contributed by atoms with E-state index in [1.165, 1.54) is 12.0 Å². The Labute approximate surface area is 103 Å². The zero-order chi connectivity index (χ0) is 11.4. The molecule has 0 radical (unpaired) electrons. The van der Waals surface area contributed by atoms with Crippen LogP contribution in [0.15, 0.2) is 24.3 Å². The molecule has 0 spiro atoms. The molecular weight excluding hydrogens is 220 g/mol. The molecule has 88 valence electrons. The topological polar surface area (TPSA) is 15.3 Å². The molecule has 1 unspecified atom stereocenters. The zero-order valence-corrected chi connectivity index (χ0v) is 10.5. The lowest BCUT2D eigenvalue weighted by molar-refractivity contribution is 0.260. The first-order valence-electron chi connectivity index (χ1n) is 5.92. The first-order chi connectivity index (χ1) is 7.77. The predicted octanol–water partition coefficient (Wildman–Crippen LogP) is 2.18. The van der Waals surface area contributed by atoms with Gasteiger partial charge in [-0.15, -0.1) is 0 Å². The fraction of sp³-hybridized carbons (Fsp3) is 0.538. The molecular formula is C13H19ClN2. The smallest absolute Gasteiger partial charge is 0.0438 e. The van der Waals surface area contributed by atoms with E-state index in [0.29, 0.717) is 6.04 Å². The molecule has 0 saturated carbocycles. The Bertz CT molecular complexity index is 334. The van der Waals surface area contributed by atoms with Crippen molar-refractivity contribution in [2.45, 2.75) is 18.9 Å². The number of nitrogens with one attached hydrogen (secondary N) is 1. The maximum Gasteiger partial charge on any atom is 0.0438 e. The van der Waals surface area contributed by atoms with Gasteiger partial charge >= 0.3 is 0 Å². The third kappa shape index (κ3) is 2.97. The first-order valence-corrected chi connectivity index (χ1v) is 6.29. The molecule has 1 N–H and O–H groups in total. The summed E-state index contributed by atoms with van der Waals surface area (Å²) in [5, 5.41) is 4.28. The van der Waals surface area contributed by atoms with E-state index in [0.717, 1.165) is 31.1 Å². The van der Waals surface area contributed by atoms with E-state index >= 15 is 0 Å². The Hall–Kier alpha value is -0.570. The molecule has 1 aliphatic rings. The second-order valence-electron chi connectivity index (χ2n) is 4.47. The van der Waals surface area contributed by atoms with Gasteiger partial charge in [0.25, 0.3) is 0 Å². The SMILES string of the molecule is CN(CCc1ccccc1Cl)C1CCNC1. The third-order valence-electron chi connectivity index (χ3n) is 3.35. The van der Waals surface area contributed by atoms with E-state index in [4.69, 9.17) is 11.6 Å². The summed E-state index contributed by atoms with van der Waals surface area (Å²) >= 11 is 6.14. The summed E-state index contributed by atoms with van der Waals surface area (Å²) in [6.45, 7) is 3.36. The second kappa shape index (κ2) is 5.67. The molecule has 0 bridgehead atoms. The quantitative estimate of drug-likeness (QED) is 0.865. The summed E-state index contributed by atoms with van der Waals surface area (Å²) in [5.41, 5.74) is 1.25. The number of likely N-dealkylation sites (N-methyl/N-ethyl adjacent to an activating group) is 1. The highest BCUT2D eigenvalue weighted by atomic mass is 35.5. The summed E-state index contributed by atoms with van der Waals surface area (Å²) in [4.78, 5) is 2.43. The summed E-state index contributed by atoms with van der Waals surface area (Å²) in [5.74, 6) is 0. The van der Waals surface area contributed by atoms with Gasteiger partial charge in [0.15, 0.2) is 0 Å². The minimum absolute atomic E-state index is 0.697.